The lowest BCUT2D eigenvalue weighted by atomic mass is 10.00. The maximum absolute atomic E-state index is 13.2. The number of carbonyl (C=O) groups is 2. The summed E-state index contributed by atoms with van der Waals surface area (Å²) in [5, 5.41) is 9.11. The Hall–Kier alpha value is -3.32. The molecule has 0 aliphatic carbocycles. The molecule has 3 aromatic rings. The van der Waals surface area contributed by atoms with Crippen molar-refractivity contribution in [3.05, 3.63) is 77.9 Å². The second kappa shape index (κ2) is 9.25. The third-order valence-electron chi connectivity index (χ3n) is 4.62. The van der Waals surface area contributed by atoms with Crippen molar-refractivity contribution < 1.29 is 23.7 Å². The molecule has 150 valence electrons. The molecule has 29 heavy (non-hydrogen) atoms. The van der Waals surface area contributed by atoms with Gasteiger partial charge in [-0.25, -0.2) is 8.78 Å². The van der Waals surface area contributed by atoms with E-state index in [1.54, 1.807) is 0 Å². The second-order valence-corrected chi connectivity index (χ2v) is 6.75. The highest BCUT2D eigenvalue weighted by Crippen LogP contribution is 2.22. The van der Waals surface area contributed by atoms with Gasteiger partial charge in [0.2, 0.25) is 5.91 Å². The van der Waals surface area contributed by atoms with Gasteiger partial charge >= 0.3 is 0 Å². The van der Waals surface area contributed by atoms with Crippen LogP contribution in [-0.2, 0) is 9.59 Å². The molecule has 0 bridgehead atoms. The zero-order chi connectivity index (χ0) is 20.8. The molecule has 0 saturated heterocycles. The van der Waals surface area contributed by atoms with Gasteiger partial charge in [-0.05, 0) is 29.8 Å². The summed E-state index contributed by atoms with van der Waals surface area (Å²) < 4.78 is 26.1. The molecule has 0 spiro atoms. The van der Waals surface area contributed by atoms with Crippen molar-refractivity contribution in [3.8, 4) is 0 Å². The fraction of sp³-hybridized carbons (Fsp3) is 0.182. The minimum Gasteiger partial charge on any atom is -0.342 e. The quantitative estimate of drug-likeness (QED) is 0.572. The minimum absolute atomic E-state index is 0.0582. The Kier molecular flexibility index (Phi) is 6.51. The first kappa shape index (κ1) is 20.4. The average Bonchev–Trinajstić information content (AvgIpc) is 2.72. The molecule has 3 rings (SSSR count). The standard InChI is InChI=1S/C22H21F2N3O2/c1-14(17-8-4-6-15-5-2-3-7-18(15)17)25-12-21(28)26-13-22(29)27-16-9-10-19(23)20(24)11-16/h2-11,14,25H,12-13H2,1H3,(H,26,28)(H,27,29)/p+1/t14-/m1/s1. The predicted octanol–water partition coefficient (Wildman–Crippen LogP) is 2.50. The number of benzene rings is 3. The van der Waals surface area contributed by atoms with E-state index in [4.69, 9.17) is 0 Å². The molecule has 5 nitrogen and oxygen atoms in total. The van der Waals surface area contributed by atoms with Gasteiger partial charge in [-0.3, -0.25) is 9.59 Å². The SMILES string of the molecule is C[C@@H]([NH2+]CC(=O)NCC(=O)Nc1ccc(F)c(F)c1)c1cccc2ccccc12. The van der Waals surface area contributed by atoms with Crippen LogP contribution in [0.1, 0.15) is 18.5 Å². The number of rotatable bonds is 7. The van der Waals surface area contributed by atoms with Crippen molar-refractivity contribution in [2.75, 3.05) is 18.4 Å². The smallest absolute Gasteiger partial charge is 0.275 e. The largest absolute Gasteiger partial charge is 0.342 e. The van der Waals surface area contributed by atoms with E-state index in [1.807, 2.05) is 48.6 Å². The Labute approximate surface area is 167 Å². The van der Waals surface area contributed by atoms with E-state index in [0.717, 1.165) is 28.5 Å². The van der Waals surface area contributed by atoms with E-state index >= 15 is 0 Å². The average molecular weight is 398 g/mol. The third kappa shape index (κ3) is 5.36. The van der Waals surface area contributed by atoms with Crippen LogP contribution in [0.2, 0.25) is 0 Å². The van der Waals surface area contributed by atoms with E-state index in [9.17, 15) is 18.4 Å². The molecule has 0 aliphatic rings. The van der Waals surface area contributed by atoms with Crippen LogP contribution in [0.4, 0.5) is 14.5 Å². The molecule has 3 aromatic carbocycles. The number of anilines is 1. The molecule has 1 atom stereocenters. The lowest BCUT2D eigenvalue weighted by molar-refractivity contribution is -0.682. The first-order valence-corrected chi connectivity index (χ1v) is 9.26. The number of hydrogen-bond donors (Lipinski definition) is 3. The Bertz CT molecular complexity index is 1030. The van der Waals surface area contributed by atoms with Crippen LogP contribution in [0.5, 0.6) is 0 Å². The predicted molar refractivity (Wildman–Crippen MR) is 107 cm³/mol. The Morgan fingerprint density at radius 3 is 2.52 bits per heavy atom. The lowest BCUT2D eigenvalue weighted by Gasteiger charge is -2.13. The normalized spacial score (nSPS) is 11.8. The van der Waals surface area contributed by atoms with Crippen molar-refractivity contribution in [2.24, 2.45) is 0 Å². The number of fused-ring (bicyclic) bond motifs is 1. The van der Waals surface area contributed by atoms with Crippen LogP contribution in [0.15, 0.2) is 60.7 Å². The highest BCUT2D eigenvalue weighted by molar-refractivity contribution is 5.94. The van der Waals surface area contributed by atoms with Gasteiger partial charge < -0.3 is 16.0 Å². The summed E-state index contributed by atoms with van der Waals surface area (Å²) in [5.41, 5.74) is 1.26. The van der Waals surface area contributed by atoms with Gasteiger partial charge in [0, 0.05) is 17.3 Å². The van der Waals surface area contributed by atoms with Gasteiger partial charge in [-0.15, -0.1) is 0 Å². The second-order valence-electron chi connectivity index (χ2n) is 6.75. The van der Waals surface area contributed by atoms with E-state index in [1.165, 1.54) is 6.07 Å². The molecule has 7 heteroatoms. The van der Waals surface area contributed by atoms with Gasteiger partial charge in [0.1, 0.15) is 6.04 Å². The molecule has 0 aliphatic heterocycles. The zero-order valence-corrected chi connectivity index (χ0v) is 15.9. The van der Waals surface area contributed by atoms with Crippen LogP contribution in [0.25, 0.3) is 10.8 Å². The summed E-state index contributed by atoms with van der Waals surface area (Å²) in [6.45, 7) is 1.92. The Morgan fingerprint density at radius 1 is 0.966 bits per heavy atom. The van der Waals surface area contributed by atoms with Crippen LogP contribution < -0.4 is 16.0 Å². The van der Waals surface area contributed by atoms with Gasteiger partial charge in [-0.2, -0.15) is 0 Å². The molecular weight excluding hydrogens is 376 g/mol. The van der Waals surface area contributed by atoms with Gasteiger partial charge in [0.25, 0.3) is 5.91 Å². The Morgan fingerprint density at radius 2 is 1.72 bits per heavy atom. The van der Waals surface area contributed by atoms with Crippen molar-refractivity contribution in [1.29, 1.82) is 0 Å². The van der Waals surface area contributed by atoms with Crippen LogP contribution >= 0.6 is 0 Å². The maximum Gasteiger partial charge on any atom is 0.275 e. The third-order valence-corrected chi connectivity index (χ3v) is 4.62. The number of amides is 2. The summed E-state index contributed by atoms with van der Waals surface area (Å²) in [6.07, 6.45) is 0. The summed E-state index contributed by atoms with van der Waals surface area (Å²) in [4.78, 5) is 23.9. The number of nitrogens with one attached hydrogen (secondary N) is 2. The molecule has 2 amide bonds. The van der Waals surface area contributed by atoms with Crippen molar-refractivity contribution in [2.45, 2.75) is 13.0 Å². The molecule has 0 aromatic heterocycles. The first-order valence-electron chi connectivity index (χ1n) is 9.26. The summed E-state index contributed by atoms with van der Waals surface area (Å²) in [6, 6.07) is 17.3. The van der Waals surface area contributed by atoms with Crippen molar-refractivity contribution in [1.82, 2.24) is 5.32 Å². The molecule has 0 radical (unpaired) electrons. The molecule has 0 fully saturated rings. The van der Waals surface area contributed by atoms with E-state index in [0.29, 0.717) is 0 Å². The summed E-state index contributed by atoms with van der Waals surface area (Å²) >= 11 is 0. The fourth-order valence-electron chi connectivity index (χ4n) is 3.09. The topological polar surface area (TPSA) is 74.8 Å². The monoisotopic (exact) mass is 398 g/mol. The number of nitrogens with two attached hydrogens (primary N) is 1. The highest BCUT2D eigenvalue weighted by atomic mass is 19.2. The lowest BCUT2D eigenvalue weighted by Crippen LogP contribution is -2.87. The maximum atomic E-state index is 13.2. The summed E-state index contributed by atoms with van der Waals surface area (Å²) in [5.74, 6) is -2.86. The van der Waals surface area contributed by atoms with Crippen LogP contribution in [-0.4, -0.2) is 24.9 Å². The van der Waals surface area contributed by atoms with Gasteiger partial charge in [0.05, 0.1) is 6.54 Å². The summed E-state index contributed by atoms with van der Waals surface area (Å²) in [7, 11) is 0. The zero-order valence-electron chi connectivity index (χ0n) is 15.9. The van der Waals surface area contributed by atoms with Crippen LogP contribution in [0.3, 0.4) is 0 Å². The number of quaternary nitrogens is 1. The van der Waals surface area contributed by atoms with Crippen molar-refractivity contribution >= 4 is 28.3 Å². The number of carbonyl (C=O) groups excluding carboxylic acids is 2. The Balaban J connectivity index is 1.48. The molecular formula is C22H22F2N3O2+. The molecule has 0 heterocycles. The highest BCUT2D eigenvalue weighted by Gasteiger charge is 2.15. The molecule has 4 N–H and O–H groups in total. The number of hydrogen-bond acceptors (Lipinski definition) is 2. The fourth-order valence-corrected chi connectivity index (χ4v) is 3.09. The number of halogens is 2. The van der Waals surface area contributed by atoms with Gasteiger partial charge in [0.15, 0.2) is 18.2 Å². The van der Waals surface area contributed by atoms with E-state index in [-0.39, 0.29) is 30.7 Å². The van der Waals surface area contributed by atoms with E-state index < -0.39 is 17.5 Å². The minimum atomic E-state index is -1.05. The first-order chi connectivity index (χ1) is 13.9. The van der Waals surface area contributed by atoms with E-state index in [2.05, 4.69) is 16.7 Å². The van der Waals surface area contributed by atoms with Gasteiger partial charge in [-0.1, -0.05) is 42.5 Å². The van der Waals surface area contributed by atoms with Crippen molar-refractivity contribution in [3.63, 3.8) is 0 Å². The van der Waals surface area contributed by atoms with Crippen LogP contribution in [0, 0.1) is 11.6 Å². The molecule has 0 unspecified atom stereocenters. The molecule has 0 saturated carbocycles.